The fourth-order valence-corrected chi connectivity index (χ4v) is 2.92. The van der Waals surface area contributed by atoms with Gasteiger partial charge in [0, 0.05) is 6.04 Å². The minimum Gasteiger partial charge on any atom is -0.353 e. The summed E-state index contributed by atoms with van der Waals surface area (Å²) in [6, 6.07) is 8.13. The van der Waals surface area contributed by atoms with Crippen molar-refractivity contribution in [2.75, 3.05) is 5.75 Å². The molecule has 7 heteroatoms. The van der Waals surface area contributed by atoms with Crippen LogP contribution < -0.4 is 5.32 Å². The number of nitrogens with one attached hydrogen (secondary N) is 1. The van der Waals surface area contributed by atoms with Crippen LogP contribution in [0.15, 0.2) is 29.4 Å². The monoisotopic (exact) mass is 347 g/mol. The van der Waals surface area contributed by atoms with Gasteiger partial charge in [0.05, 0.1) is 11.4 Å². The molecule has 0 bridgehead atoms. The molecule has 1 N–H and O–H groups in total. The van der Waals surface area contributed by atoms with E-state index in [1.165, 1.54) is 17.3 Å². The smallest absolute Gasteiger partial charge is 0.230 e. The Morgan fingerprint density at radius 3 is 2.58 bits per heavy atom. The predicted molar refractivity (Wildman–Crippen MR) is 96.3 cm³/mol. The Labute approximate surface area is 147 Å². The van der Waals surface area contributed by atoms with Gasteiger partial charge in [0.2, 0.25) is 11.1 Å². The van der Waals surface area contributed by atoms with Crippen molar-refractivity contribution in [3.05, 3.63) is 29.8 Å². The van der Waals surface area contributed by atoms with Gasteiger partial charge in [-0.15, -0.1) is 5.10 Å². The lowest BCUT2D eigenvalue weighted by Gasteiger charge is -2.14. The van der Waals surface area contributed by atoms with Gasteiger partial charge in [-0.2, -0.15) is 4.68 Å². The largest absolute Gasteiger partial charge is 0.353 e. The molecule has 0 saturated heterocycles. The molecule has 6 nitrogen and oxygen atoms in total. The highest BCUT2D eigenvalue weighted by molar-refractivity contribution is 7.99. The summed E-state index contributed by atoms with van der Waals surface area (Å²) >= 11 is 1.34. The van der Waals surface area contributed by atoms with Crippen molar-refractivity contribution in [3.8, 4) is 5.69 Å². The zero-order valence-corrected chi connectivity index (χ0v) is 15.5. The van der Waals surface area contributed by atoms with E-state index in [2.05, 4.69) is 34.7 Å². The normalized spacial score (nSPS) is 12.4. The van der Waals surface area contributed by atoms with E-state index in [1.54, 1.807) is 4.68 Å². The van der Waals surface area contributed by atoms with Gasteiger partial charge in [0.1, 0.15) is 0 Å². The van der Waals surface area contributed by atoms with Crippen molar-refractivity contribution in [2.24, 2.45) is 5.92 Å². The van der Waals surface area contributed by atoms with Crippen molar-refractivity contribution in [1.82, 2.24) is 25.5 Å². The van der Waals surface area contributed by atoms with Gasteiger partial charge in [-0.25, -0.2) is 0 Å². The van der Waals surface area contributed by atoms with Gasteiger partial charge in [0.15, 0.2) is 0 Å². The molecule has 1 atom stereocenters. The van der Waals surface area contributed by atoms with Crippen molar-refractivity contribution in [2.45, 2.75) is 51.7 Å². The number of carbonyl (C=O) groups is 1. The van der Waals surface area contributed by atoms with E-state index in [-0.39, 0.29) is 11.9 Å². The molecule has 0 unspecified atom stereocenters. The van der Waals surface area contributed by atoms with E-state index in [4.69, 9.17) is 0 Å². The summed E-state index contributed by atoms with van der Waals surface area (Å²) in [4.78, 5) is 12.1. The third kappa shape index (κ3) is 5.63. The number of tetrazole rings is 1. The van der Waals surface area contributed by atoms with Gasteiger partial charge in [-0.1, -0.05) is 43.3 Å². The van der Waals surface area contributed by atoms with Gasteiger partial charge < -0.3 is 5.32 Å². The highest BCUT2D eigenvalue weighted by atomic mass is 32.2. The quantitative estimate of drug-likeness (QED) is 0.743. The summed E-state index contributed by atoms with van der Waals surface area (Å²) in [5, 5.41) is 15.4. The van der Waals surface area contributed by atoms with Crippen LogP contribution in [0.5, 0.6) is 0 Å². The van der Waals surface area contributed by atoms with E-state index in [1.807, 2.05) is 38.1 Å². The Balaban J connectivity index is 1.87. The number of hydrogen-bond donors (Lipinski definition) is 1. The molecule has 24 heavy (non-hydrogen) atoms. The predicted octanol–water partition coefficient (Wildman–Crippen LogP) is 3.00. The first-order valence-electron chi connectivity index (χ1n) is 8.23. The van der Waals surface area contributed by atoms with E-state index >= 15 is 0 Å². The third-order valence-corrected chi connectivity index (χ3v) is 4.56. The second kappa shape index (κ2) is 8.82. The number of hydrogen-bond acceptors (Lipinski definition) is 5. The third-order valence-electron chi connectivity index (χ3n) is 3.64. The summed E-state index contributed by atoms with van der Waals surface area (Å²) in [5.74, 6) is 0.964. The number of rotatable bonds is 8. The topological polar surface area (TPSA) is 72.7 Å². The van der Waals surface area contributed by atoms with Crippen molar-refractivity contribution in [3.63, 3.8) is 0 Å². The van der Waals surface area contributed by atoms with E-state index in [0.29, 0.717) is 16.8 Å². The number of benzene rings is 1. The van der Waals surface area contributed by atoms with Gasteiger partial charge in [-0.05, 0) is 55.2 Å². The van der Waals surface area contributed by atoms with E-state index < -0.39 is 0 Å². The maximum absolute atomic E-state index is 12.1. The second-order valence-electron chi connectivity index (χ2n) is 6.44. The van der Waals surface area contributed by atoms with Crippen LogP contribution in [0.1, 0.15) is 39.2 Å². The summed E-state index contributed by atoms with van der Waals surface area (Å²) in [6.45, 7) is 8.45. The van der Waals surface area contributed by atoms with Crippen molar-refractivity contribution >= 4 is 17.7 Å². The molecule has 0 radical (unpaired) electrons. The van der Waals surface area contributed by atoms with E-state index in [9.17, 15) is 4.79 Å². The first kappa shape index (κ1) is 18.4. The lowest BCUT2D eigenvalue weighted by Crippen LogP contribution is -2.34. The molecule has 1 aromatic carbocycles. The fourth-order valence-electron chi connectivity index (χ4n) is 2.22. The molecular formula is C17H25N5OS. The van der Waals surface area contributed by atoms with Crippen LogP contribution in [-0.2, 0) is 4.79 Å². The number of thioether (sulfide) groups is 1. The molecule has 1 amide bonds. The van der Waals surface area contributed by atoms with E-state index in [0.717, 1.165) is 18.5 Å². The van der Waals surface area contributed by atoms with Crippen LogP contribution in [0, 0.1) is 12.8 Å². The number of carbonyl (C=O) groups excluding carboxylic acids is 1. The lowest BCUT2D eigenvalue weighted by atomic mass is 10.0. The van der Waals surface area contributed by atoms with Gasteiger partial charge in [-0.3, -0.25) is 4.79 Å². The zero-order chi connectivity index (χ0) is 17.5. The van der Waals surface area contributed by atoms with Crippen LogP contribution >= 0.6 is 11.8 Å². The Bertz CT molecular complexity index is 653. The average Bonchev–Trinajstić information content (AvgIpc) is 3.00. The first-order chi connectivity index (χ1) is 11.5. The maximum Gasteiger partial charge on any atom is 0.230 e. The van der Waals surface area contributed by atoms with Crippen LogP contribution in [0.4, 0.5) is 0 Å². The number of aromatic nitrogens is 4. The molecule has 0 aliphatic rings. The molecule has 0 fully saturated rings. The standard InChI is InChI=1S/C17H25N5OS/c1-12(2)5-8-14(4)18-16(23)11-24-17-19-20-21-22(17)15-9-6-13(3)7-10-15/h6-7,9-10,12,14H,5,8,11H2,1-4H3,(H,18,23)/t14-/m1/s1. The molecule has 0 aliphatic carbocycles. The Morgan fingerprint density at radius 2 is 1.92 bits per heavy atom. The summed E-state index contributed by atoms with van der Waals surface area (Å²) in [5.41, 5.74) is 2.06. The minimum absolute atomic E-state index is 0.00899. The molecule has 0 saturated carbocycles. The molecule has 2 rings (SSSR count). The lowest BCUT2D eigenvalue weighted by molar-refractivity contribution is -0.119. The molecule has 0 aliphatic heterocycles. The second-order valence-corrected chi connectivity index (χ2v) is 7.38. The summed E-state index contributed by atoms with van der Waals surface area (Å²) in [7, 11) is 0. The van der Waals surface area contributed by atoms with Crippen LogP contribution in [-0.4, -0.2) is 37.9 Å². The molecule has 1 aromatic heterocycles. The maximum atomic E-state index is 12.1. The molecule has 0 spiro atoms. The number of amides is 1. The van der Waals surface area contributed by atoms with Gasteiger partial charge in [0.25, 0.3) is 0 Å². The molecular weight excluding hydrogens is 322 g/mol. The highest BCUT2D eigenvalue weighted by Gasteiger charge is 2.13. The number of nitrogens with zero attached hydrogens (tertiary/aromatic N) is 4. The van der Waals surface area contributed by atoms with Gasteiger partial charge >= 0.3 is 0 Å². The SMILES string of the molecule is Cc1ccc(-n2nnnc2SCC(=O)N[C@H](C)CCC(C)C)cc1. The van der Waals surface area contributed by atoms with Crippen LogP contribution in [0.25, 0.3) is 5.69 Å². The summed E-state index contributed by atoms with van der Waals surface area (Å²) in [6.07, 6.45) is 2.11. The molecule has 130 valence electrons. The van der Waals surface area contributed by atoms with Crippen LogP contribution in [0.2, 0.25) is 0 Å². The summed E-state index contributed by atoms with van der Waals surface area (Å²) < 4.78 is 1.65. The Hall–Kier alpha value is -1.89. The van der Waals surface area contributed by atoms with Crippen molar-refractivity contribution in [1.29, 1.82) is 0 Å². The Morgan fingerprint density at radius 1 is 1.21 bits per heavy atom. The number of aryl methyl sites for hydroxylation is 1. The zero-order valence-electron chi connectivity index (χ0n) is 14.7. The average molecular weight is 347 g/mol. The fraction of sp³-hybridized carbons (Fsp3) is 0.529. The molecule has 2 aromatic rings. The minimum atomic E-state index is 0.00899. The highest BCUT2D eigenvalue weighted by Crippen LogP contribution is 2.18. The first-order valence-corrected chi connectivity index (χ1v) is 9.22. The Kier molecular flexibility index (Phi) is 6.78. The van der Waals surface area contributed by atoms with Crippen molar-refractivity contribution < 1.29 is 4.79 Å². The van der Waals surface area contributed by atoms with Crippen LogP contribution in [0.3, 0.4) is 0 Å². The molecule has 1 heterocycles.